The highest BCUT2D eigenvalue weighted by molar-refractivity contribution is 5.68. The van der Waals surface area contributed by atoms with Crippen LogP contribution in [0.5, 0.6) is 0 Å². The van der Waals surface area contributed by atoms with Crippen LogP contribution >= 0.6 is 0 Å². The summed E-state index contributed by atoms with van der Waals surface area (Å²) in [6, 6.07) is 0. The van der Waals surface area contributed by atoms with E-state index in [1.807, 2.05) is 0 Å². The van der Waals surface area contributed by atoms with E-state index >= 15 is 0 Å². The average molecular weight is 348 g/mol. The van der Waals surface area contributed by atoms with Gasteiger partial charge in [-0.3, -0.25) is 19.2 Å². The Morgan fingerprint density at radius 3 is 2.17 bits per heavy atom. The Labute approximate surface area is 137 Å². The maximum atomic E-state index is 11.3. The van der Waals surface area contributed by atoms with Crippen LogP contribution in [0.4, 0.5) is 0 Å². The fourth-order valence-corrected chi connectivity index (χ4v) is 2.23. The molecule has 0 saturated carbocycles. The van der Waals surface area contributed by atoms with Crippen molar-refractivity contribution in [3.05, 3.63) is 0 Å². The molecule has 1 aliphatic heterocycles. The van der Waals surface area contributed by atoms with E-state index in [1.54, 1.807) is 0 Å². The van der Waals surface area contributed by atoms with Gasteiger partial charge in [-0.25, -0.2) is 0 Å². The summed E-state index contributed by atoms with van der Waals surface area (Å²) in [5, 5.41) is 10.4. The van der Waals surface area contributed by atoms with Crippen molar-refractivity contribution in [3.8, 4) is 0 Å². The third-order valence-corrected chi connectivity index (χ3v) is 2.97. The minimum Gasteiger partial charge on any atom is -0.462 e. The molecule has 1 heterocycles. The number of esters is 4. The molecule has 1 fully saturated rings. The predicted molar refractivity (Wildman–Crippen MR) is 74.2 cm³/mol. The van der Waals surface area contributed by atoms with Crippen molar-refractivity contribution in [1.29, 1.82) is 0 Å². The topological polar surface area (TPSA) is 135 Å². The van der Waals surface area contributed by atoms with Crippen LogP contribution in [0, 0.1) is 0 Å². The smallest absolute Gasteiger partial charge is 0.305 e. The number of ether oxygens (including phenoxy) is 5. The van der Waals surface area contributed by atoms with Crippen LogP contribution in [0.25, 0.3) is 0 Å². The highest BCUT2D eigenvalue weighted by atomic mass is 16.7. The highest BCUT2D eigenvalue weighted by Gasteiger charge is 2.57. The van der Waals surface area contributed by atoms with Crippen LogP contribution < -0.4 is 0 Å². The number of carbonyl (C=O) groups is 4. The molecule has 136 valence electrons. The summed E-state index contributed by atoms with van der Waals surface area (Å²) in [5.41, 5.74) is 0. The van der Waals surface area contributed by atoms with Crippen LogP contribution in [-0.2, 0) is 42.9 Å². The van der Waals surface area contributed by atoms with E-state index in [0.29, 0.717) is 0 Å². The Morgan fingerprint density at radius 2 is 1.71 bits per heavy atom. The van der Waals surface area contributed by atoms with Crippen LogP contribution in [0.3, 0.4) is 0 Å². The van der Waals surface area contributed by atoms with Gasteiger partial charge in [-0.1, -0.05) is 0 Å². The second kappa shape index (κ2) is 8.06. The molecular formula is C14H20O10. The molecule has 1 aliphatic rings. The van der Waals surface area contributed by atoms with Crippen molar-refractivity contribution in [2.24, 2.45) is 0 Å². The van der Waals surface area contributed by atoms with Crippen molar-refractivity contribution in [3.63, 3.8) is 0 Å². The third-order valence-electron chi connectivity index (χ3n) is 2.97. The quantitative estimate of drug-likeness (QED) is 0.364. The Kier molecular flexibility index (Phi) is 6.67. The molecule has 0 bridgehead atoms. The first kappa shape index (κ1) is 19.8. The fourth-order valence-electron chi connectivity index (χ4n) is 2.23. The molecule has 0 aromatic rings. The molecule has 0 unspecified atom stereocenters. The van der Waals surface area contributed by atoms with Gasteiger partial charge in [0.05, 0.1) is 0 Å². The lowest BCUT2D eigenvalue weighted by Crippen LogP contribution is -2.53. The molecule has 4 atom stereocenters. The van der Waals surface area contributed by atoms with Gasteiger partial charge in [0.25, 0.3) is 5.79 Å². The maximum Gasteiger partial charge on any atom is 0.305 e. The average Bonchev–Trinajstić information content (AvgIpc) is 2.70. The standard InChI is InChI=1S/C14H20O10/c1-7(15)20-5-11(22-8(2)16)12-13(23-9(3)17)14(19,6-21-12)24-10(4)18/h11-13,19H,5-6H2,1-4H3/t11-,12-,13+,14-/m1/s1. The normalized spacial score (nSPS) is 27.0. The summed E-state index contributed by atoms with van der Waals surface area (Å²) in [7, 11) is 0. The van der Waals surface area contributed by atoms with Crippen LogP contribution in [0.15, 0.2) is 0 Å². The zero-order chi connectivity index (χ0) is 18.5. The second-order valence-electron chi connectivity index (χ2n) is 5.19. The molecule has 1 N–H and O–H groups in total. The van der Waals surface area contributed by atoms with Gasteiger partial charge in [0.15, 0.2) is 12.2 Å². The van der Waals surface area contributed by atoms with E-state index in [1.165, 1.54) is 0 Å². The minimum absolute atomic E-state index is 0.395. The lowest BCUT2D eigenvalue weighted by Gasteiger charge is -2.31. The first-order chi connectivity index (χ1) is 11.0. The fraction of sp³-hybridized carbons (Fsp3) is 0.714. The Morgan fingerprint density at radius 1 is 1.08 bits per heavy atom. The molecule has 0 aliphatic carbocycles. The first-order valence-electron chi connectivity index (χ1n) is 7.06. The monoisotopic (exact) mass is 348 g/mol. The SMILES string of the molecule is CC(=O)OC[C@@H](OC(C)=O)[C@H]1OC[C@@](O)(OC(C)=O)[C@H]1OC(C)=O. The van der Waals surface area contributed by atoms with Gasteiger partial charge in [-0.15, -0.1) is 0 Å². The van der Waals surface area contributed by atoms with Crippen LogP contribution in [-0.4, -0.2) is 66.3 Å². The zero-order valence-electron chi connectivity index (χ0n) is 13.8. The van der Waals surface area contributed by atoms with E-state index < -0.39 is 61.2 Å². The molecule has 0 aromatic carbocycles. The molecule has 0 aromatic heterocycles. The predicted octanol–water partition coefficient (Wildman–Crippen LogP) is -0.937. The molecule has 1 rings (SSSR count). The lowest BCUT2D eigenvalue weighted by atomic mass is 10.0. The number of hydrogen-bond donors (Lipinski definition) is 1. The van der Waals surface area contributed by atoms with E-state index in [4.69, 9.17) is 23.7 Å². The van der Waals surface area contributed by atoms with Gasteiger partial charge in [0.2, 0.25) is 0 Å². The summed E-state index contributed by atoms with van der Waals surface area (Å²) < 4.78 is 24.9. The van der Waals surface area contributed by atoms with Crippen molar-refractivity contribution in [2.45, 2.75) is 51.8 Å². The van der Waals surface area contributed by atoms with E-state index in [-0.39, 0.29) is 0 Å². The molecule has 1 saturated heterocycles. The van der Waals surface area contributed by atoms with Crippen molar-refractivity contribution >= 4 is 23.9 Å². The summed E-state index contributed by atoms with van der Waals surface area (Å²) in [4.78, 5) is 44.7. The number of hydrogen-bond acceptors (Lipinski definition) is 10. The maximum absolute atomic E-state index is 11.3. The first-order valence-corrected chi connectivity index (χ1v) is 7.06. The van der Waals surface area contributed by atoms with Gasteiger partial charge in [0.1, 0.15) is 19.3 Å². The van der Waals surface area contributed by atoms with Gasteiger partial charge >= 0.3 is 23.9 Å². The molecule has 10 nitrogen and oxygen atoms in total. The van der Waals surface area contributed by atoms with E-state index in [2.05, 4.69) is 0 Å². The minimum atomic E-state index is -2.25. The van der Waals surface area contributed by atoms with Gasteiger partial charge in [0, 0.05) is 27.7 Å². The summed E-state index contributed by atoms with van der Waals surface area (Å²) in [6.45, 7) is 3.49. The van der Waals surface area contributed by atoms with Crippen molar-refractivity contribution in [2.75, 3.05) is 13.2 Å². The lowest BCUT2D eigenvalue weighted by molar-refractivity contribution is -0.241. The summed E-state index contributed by atoms with van der Waals surface area (Å²) >= 11 is 0. The Bertz CT molecular complexity index is 516. The third kappa shape index (κ3) is 5.46. The van der Waals surface area contributed by atoms with E-state index in [0.717, 1.165) is 27.7 Å². The van der Waals surface area contributed by atoms with Crippen LogP contribution in [0.1, 0.15) is 27.7 Å². The zero-order valence-corrected chi connectivity index (χ0v) is 13.8. The summed E-state index contributed by atoms with van der Waals surface area (Å²) in [6.07, 6.45) is -3.86. The largest absolute Gasteiger partial charge is 0.462 e. The molecule has 24 heavy (non-hydrogen) atoms. The number of carbonyl (C=O) groups excluding carboxylic acids is 4. The van der Waals surface area contributed by atoms with Gasteiger partial charge in [-0.05, 0) is 0 Å². The number of aliphatic hydroxyl groups is 1. The molecular weight excluding hydrogens is 328 g/mol. The van der Waals surface area contributed by atoms with E-state index in [9.17, 15) is 24.3 Å². The molecule has 0 spiro atoms. The summed E-state index contributed by atoms with van der Waals surface area (Å²) in [5.74, 6) is -5.21. The van der Waals surface area contributed by atoms with Gasteiger partial charge < -0.3 is 28.8 Å². The Balaban J connectivity index is 3.05. The van der Waals surface area contributed by atoms with Crippen molar-refractivity contribution in [1.82, 2.24) is 0 Å². The number of rotatable bonds is 6. The molecule has 10 heteroatoms. The molecule has 0 amide bonds. The van der Waals surface area contributed by atoms with Crippen molar-refractivity contribution < 1.29 is 48.0 Å². The Hall–Kier alpha value is -2.20. The molecule has 0 radical (unpaired) electrons. The van der Waals surface area contributed by atoms with Crippen LogP contribution in [0.2, 0.25) is 0 Å². The highest BCUT2D eigenvalue weighted by Crippen LogP contribution is 2.32. The second-order valence-corrected chi connectivity index (χ2v) is 5.19. The van der Waals surface area contributed by atoms with Gasteiger partial charge in [-0.2, -0.15) is 0 Å².